The molecule has 3 heteroatoms. The van der Waals surface area contributed by atoms with Crippen LogP contribution in [0.25, 0.3) is 0 Å². The van der Waals surface area contributed by atoms with Crippen molar-refractivity contribution in [3.05, 3.63) is 35.9 Å². The molecule has 20 heavy (non-hydrogen) atoms. The second kappa shape index (κ2) is 8.05. The van der Waals surface area contributed by atoms with Gasteiger partial charge in [0.1, 0.15) is 0 Å². The Bertz CT molecular complexity index is 397. The zero-order valence-corrected chi connectivity index (χ0v) is 12.4. The molecule has 1 aliphatic rings. The van der Waals surface area contributed by atoms with Crippen LogP contribution in [0.4, 0.5) is 0 Å². The van der Waals surface area contributed by atoms with Gasteiger partial charge in [0.25, 0.3) is 0 Å². The fraction of sp³-hybridized carbons (Fsp3) is 0.588. The molecule has 0 saturated carbocycles. The van der Waals surface area contributed by atoms with E-state index in [1.807, 2.05) is 0 Å². The molecule has 2 rings (SSSR count). The Morgan fingerprint density at radius 2 is 1.95 bits per heavy atom. The summed E-state index contributed by atoms with van der Waals surface area (Å²) >= 11 is 0. The number of hydrogen-bond acceptors (Lipinski definition) is 3. The molecule has 1 aliphatic heterocycles. The van der Waals surface area contributed by atoms with E-state index in [2.05, 4.69) is 40.0 Å². The van der Waals surface area contributed by atoms with Gasteiger partial charge in [-0.25, -0.2) is 0 Å². The highest BCUT2D eigenvalue weighted by molar-refractivity contribution is 5.69. The van der Waals surface area contributed by atoms with Gasteiger partial charge in [-0.15, -0.1) is 0 Å². The number of esters is 1. The van der Waals surface area contributed by atoms with Gasteiger partial charge >= 0.3 is 5.97 Å². The molecular weight excluding hydrogens is 250 g/mol. The minimum Gasteiger partial charge on any atom is -0.469 e. The molecule has 0 N–H and O–H groups in total. The highest BCUT2D eigenvalue weighted by Crippen LogP contribution is 2.21. The van der Waals surface area contributed by atoms with E-state index in [0.717, 1.165) is 18.9 Å². The number of nitrogens with zero attached hydrogens (tertiary/aromatic N) is 1. The van der Waals surface area contributed by atoms with Crippen molar-refractivity contribution in [1.82, 2.24) is 4.90 Å². The van der Waals surface area contributed by atoms with Crippen LogP contribution in [0.1, 0.15) is 31.2 Å². The maximum Gasteiger partial charge on any atom is 0.305 e. The van der Waals surface area contributed by atoms with Crippen LogP contribution in [0.5, 0.6) is 0 Å². The van der Waals surface area contributed by atoms with E-state index >= 15 is 0 Å². The maximum atomic E-state index is 11.1. The molecule has 1 heterocycles. The van der Waals surface area contributed by atoms with E-state index in [-0.39, 0.29) is 5.97 Å². The average molecular weight is 275 g/mol. The van der Waals surface area contributed by atoms with Crippen molar-refractivity contribution in [3.63, 3.8) is 0 Å². The first-order valence-corrected chi connectivity index (χ1v) is 7.61. The molecule has 0 spiro atoms. The molecule has 0 bridgehead atoms. The van der Waals surface area contributed by atoms with E-state index in [0.29, 0.717) is 6.42 Å². The predicted octanol–water partition coefficient (Wildman–Crippen LogP) is 2.89. The molecule has 1 saturated heterocycles. The molecule has 110 valence electrons. The second-order valence-corrected chi connectivity index (χ2v) is 5.65. The van der Waals surface area contributed by atoms with Gasteiger partial charge in [0.05, 0.1) is 7.11 Å². The molecule has 0 aliphatic carbocycles. The first-order valence-electron chi connectivity index (χ1n) is 7.61. The summed E-state index contributed by atoms with van der Waals surface area (Å²) in [6.07, 6.45) is 5.20. The van der Waals surface area contributed by atoms with Crippen LogP contribution in [0.15, 0.2) is 30.3 Å². The van der Waals surface area contributed by atoms with Crippen LogP contribution in [0, 0.1) is 5.92 Å². The summed E-state index contributed by atoms with van der Waals surface area (Å²) in [6, 6.07) is 10.8. The van der Waals surface area contributed by atoms with Gasteiger partial charge in [-0.1, -0.05) is 30.3 Å². The first-order chi connectivity index (χ1) is 9.78. The Labute approximate surface area is 121 Å². The highest BCUT2D eigenvalue weighted by atomic mass is 16.5. The van der Waals surface area contributed by atoms with Crippen molar-refractivity contribution in [2.24, 2.45) is 5.92 Å². The standard InChI is InChI=1S/C17H25NO2/c1-20-17(19)8-5-11-18-12-9-16(10-13-18)14-15-6-3-2-4-7-15/h2-4,6-7,16H,5,8-14H2,1H3. The molecule has 3 nitrogen and oxygen atoms in total. The van der Waals surface area contributed by atoms with Crippen LogP contribution in [-0.2, 0) is 16.0 Å². The van der Waals surface area contributed by atoms with E-state index in [4.69, 9.17) is 0 Å². The fourth-order valence-electron chi connectivity index (χ4n) is 2.91. The number of benzene rings is 1. The minimum absolute atomic E-state index is 0.0936. The molecule has 0 aromatic heterocycles. The summed E-state index contributed by atoms with van der Waals surface area (Å²) in [5.41, 5.74) is 1.46. The Morgan fingerprint density at radius 3 is 2.60 bits per heavy atom. The Hall–Kier alpha value is -1.35. The first kappa shape index (κ1) is 15.0. The van der Waals surface area contributed by atoms with Gasteiger partial charge in [0.15, 0.2) is 0 Å². The molecule has 1 aromatic carbocycles. The summed E-state index contributed by atoms with van der Waals surface area (Å²) < 4.78 is 4.67. The fourth-order valence-corrected chi connectivity index (χ4v) is 2.91. The Kier molecular flexibility index (Phi) is 6.06. The Morgan fingerprint density at radius 1 is 1.25 bits per heavy atom. The van der Waals surface area contributed by atoms with Crippen LogP contribution in [0.3, 0.4) is 0 Å². The van der Waals surface area contributed by atoms with Crippen molar-refractivity contribution >= 4 is 5.97 Å². The number of ether oxygens (including phenoxy) is 1. The number of carbonyl (C=O) groups excluding carboxylic acids is 1. The maximum absolute atomic E-state index is 11.1. The van der Waals surface area contributed by atoms with Crippen LogP contribution >= 0.6 is 0 Å². The number of rotatable bonds is 6. The van der Waals surface area contributed by atoms with Crippen molar-refractivity contribution in [3.8, 4) is 0 Å². The average Bonchev–Trinajstić information content (AvgIpc) is 2.50. The minimum atomic E-state index is -0.0936. The normalized spacial score (nSPS) is 17.1. The second-order valence-electron chi connectivity index (χ2n) is 5.65. The third kappa shape index (κ3) is 4.97. The summed E-state index contributed by atoms with van der Waals surface area (Å²) in [5, 5.41) is 0. The molecule has 1 fully saturated rings. The van der Waals surface area contributed by atoms with Gasteiger partial charge in [0, 0.05) is 6.42 Å². The summed E-state index contributed by atoms with van der Waals surface area (Å²) in [5.74, 6) is 0.721. The van der Waals surface area contributed by atoms with Gasteiger partial charge in [-0.3, -0.25) is 4.79 Å². The highest BCUT2D eigenvalue weighted by Gasteiger charge is 2.19. The predicted molar refractivity (Wildman–Crippen MR) is 80.6 cm³/mol. The van der Waals surface area contributed by atoms with E-state index in [1.165, 1.54) is 45.0 Å². The van der Waals surface area contributed by atoms with Gasteiger partial charge < -0.3 is 9.64 Å². The van der Waals surface area contributed by atoms with E-state index < -0.39 is 0 Å². The Balaban J connectivity index is 1.64. The molecule has 1 aromatic rings. The number of methoxy groups -OCH3 is 1. The lowest BCUT2D eigenvalue weighted by molar-refractivity contribution is -0.140. The lowest BCUT2D eigenvalue weighted by atomic mass is 9.90. The van der Waals surface area contributed by atoms with Crippen molar-refractivity contribution in [2.75, 3.05) is 26.7 Å². The van der Waals surface area contributed by atoms with Crippen molar-refractivity contribution < 1.29 is 9.53 Å². The van der Waals surface area contributed by atoms with Crippen molar-refractivity contribution in [2.45, 2.75) is 32.1 Å². The topological polar surface area (TPSA) is 29.5 Å². The number of carbonyl (C=O) groups is 1. The summed E-state index contributed by atoms with van der Waals surface area (Å²) in [6.45, 7) is 3.35. The zero-order valence-electron chi connectivity index (χ0n) is 12.4. The number of likely N-dealkylation sites (tertiary alicyclic amines) is 1. The zero-order chi connectivity index (χ0) is 14.2. The molecule has 0 unspecified atom stereocenters. The van der Waals surface area contributed by atoms with Crippen LogP contribution in [-0.4, -0.2) is 37.6 Å². The van der Waals surface area contributed by atoms with Gasteiger partial charge in [-0.2, -0.15) is 0 Å². The molecular formula is C17H25NO2. The van der Waals surface area contributed by atoms with E-state index in [9.17, 15) is 4.79 Å². The quantitative estimate of drug-likeness (QED) is 0.748. The van der Waals surface area contributed by atoms with Crippen LogP contribution in [0.2, 0.25) is 0 Å². The third-order valence-electron chi connectivity index (χ3n) is 4.16. The van der Waals surface area contributed by atoms with Crippen molar-refractivity contribution in [1.29, 1.82) is 0 Å². The lowest BCUT2D eigenvalue weighted by Crippen LogP contribution is -2.35. The van der Waals surface area contributed by atoms with Gasteiger partial charge in [-0.05, 0) is 56.8 Å². The molecule has 0 amide bonds. The summed E-state index contributed by atoms with van der Waals surface area (Å²) in [7, 11) is 1.46. The largest absolute Gasteiger partial charge is 0.469 e. The smallest absolute Gasteiger partial charge is 0.305 e. The van der Waals surface area contributed by atoms with Gasteiger partial charge in [0.2, 0.25) is 0 Å². The molecule has 0 atom stereocenters. The number of hydrogen-bond donors (Lipinski definition) is 0. The SMILES string of the molecule is COC(=O)CCCN1CCC(Cc2ccccc2)CC1. The lowest BCUT2D eigenvalue weighted by Gasteiger charge is -2.32. The van der Waals surface area contributed by atoms with E-state index in [1.54, 1.807) is 0 Å². The third-order valence-corrected chi connectivity index (χ3v) is 4.16. The van der Waals surface area contributed by atoms with Crippen LogP contribution < -0.4 is 0 Å². The summed E-state index contributed by atoms with van der Waals surface area (Å²) in [4.78, 5) is 13.5. The molecule has 0 radical (unpaired) electrons. The number of piperidine rings is 1. The monoisotopic (exact) mass is 275 g/mol.